The summed E-state index contributed by atoms with van der Waals surface area (Å²) in [6, 6.07) is 5.01. The van der Waals surface area contributed by atoms with Crippen LogP contribution in [-0.4, -0.2) is 15.0 Å². The molecule has 2 rings (SSSR count). The Morgan fingerprint density at radius 3 is 2.73 bits per heavy atom. The van der Waals surface area contributed by atoms with Crippen molar-refractivity contribution in [3.8, 4) is 0 Å². The van der Waals surface area contributed by atoms with Gasteiger partial charge in [0.15, 0.2) is 0 Å². The molecule has 4 nitrogen and oxygen atoms in total. The first-order valence-electron chi connectivity index (χ1n) is 4.45. The highest BCUT2D eigenvalue weighted by Gasteiger charge is 1.97. The van der Waals surface area contributed by atoms with E-state index in [2.05, 4.69) is 20.3 Å². The van der Waals surface area contributed by atoms with Gasteiger partial charge in [0, 0.05) is 25.0 Å². The van der Waals surface area contributed by atoms with E-state index >= 15 is 0 Å². The number of nitrogens with zero attached hydrogens (tertiary/aromatic N) is 3. The maximum absolute atomic E-state index is 12.7. The maximum atomic E-state index is 12.7. The number of aromatic nitrogens is 3. The minimum Gasteiger partial charge on any atom is -0.366 e. The molecule has 2 heterocycles. The lowest BCUT2D eigenvalue weighted by molar-refractivity contribution is 0.580. The van der Waals surface area contributed by atoms with Crippen molar-refractivity contribution in [2.24, 2.45) is 0 Å². The number of nitrogens with one attached hydrogen (secondary N) is 1. The molecule has 0 aliphatic rings. The van der Waals surface area contributed by atoms with E-state index < -0.39 is 5.95 Å². The number of rotatable bonds is 3. The first-order chi connectivity index (χ1) is 7.34. The van der Waals surface area contributed by atoms with Gasteiger partial charge in [0.05, 0.1) is 0 Å². The summed E-state index contributed by atoms with van der Waals surface area (Å²) < 4.78 is 12.7. The van der Waals surface area contributed by atoms with Gasteiger partial charge in [-0.15, -0.1) is 0 Å². The average Bonchev–Trinajstić information content (AvgIpc) is 2.28. The van der Waals surface area contributed by atoms with Gasteiger partial charge in [-0.1, -0.05) is 0 Å². The summed E-state index contributed by atoms with van der Waals surface area (Å²) >= 11 is 0. The second kappa shape index (κ2) is 4.45. The number of anilines is 1. The van der Waals surface area contributed by atoms with Gasteiger partial charge >= 0.3 is 0 Å². The van der Waals surface area contributed by atoms with Crippen LogP contribution in [0.2, 0.25) is 0 Å². The van der Waals surface area contributed by atoms with Crippen molar-refractivity contribution < 1.29 is 4.39 Å². The standard InChI is InChI=1S/C10H9FN4/c11-9-5-10(15-7-14-9)13-6-8-1-3-12-4-2-8/h1-5,7H,6H2,(H,13,14,15). The zero-order chi connectivity index (χ0) is 10.5. The van der Waals surface area contributed by atoms with E-state index in [0.29, 0.717) is 12.4 Å². The first kappa shape index (κ1) is 9.51. The SMILES string of the molecule is Fc1cc(NCc2ccncc2)ncn1. The number of hydrogen-bond acceptors (Lipinski definition) is 4. The lowest BCUT2D eigenvalue weighted by Gasteiger charge is -2.04. The van der Waals surface area contributed by atoms with Crippen LogP contribution in [0.15, 0.2) is 36.9 Å². The molecule has 0 spiro atoms. The zero-order valence-corrected chi connectivity index (χ0v) is 7.89. The van der Waals surface area contributed by atoms with Crippen LogP contribution in [0, 0.1) is 5.95 Å². The second-order valence-electron chi connectivity index (χ2n) is 2.93. The average molecular weight is 204 g/mol. The largest absolute Gasteiger partial charge is 0.366 e. The van der Waals surface area contributed by atoms with Gasteiger partial charge in [-0.2, -0.15) is 4.39 Å². The number of halogens is 1. The molecular formula is C10H9FN4. The third-order valence-corrected chi connectivity index (χ3v) is 1.86. The molecule has 0 atom stereocenters. The molecule has 0 unspecified atom stereocenters. The Labute approximate surface area is 86.2 Å². The van der Waals surface area contributed by atoms with E-state index in [0.717, 1.165) is 5.56 Å². The molecule has 0 radical (unpaired) electrons. The fraction of sp³-hybridized carbons (Fsp3) is 0.100. The van der Waals surface area contributed by atoms with E-state index in [1.807, 2.05) is 12.1 Å². The maximum Gasteiger partial charge on any atom is 0.217 e. The molecule has 5 heteroatoms. The molecule has 0 aliphatic carbocycles. The van der Waals surface area contributed by atoms with Crippen LogP contribution < -0.4 is 5.32 Å². The topological polar surface area (TPSA) is 50.7 Å². The number of pyridine rings is 1. The van der Waals surface area contributed by atoms with Crippen LogP contribution in [0.4, 0.5) is 10.2 Å². The van der Waals surface area contributed by atoms with Crippen molar-refractivity contribution in [1.82, 2.24) is 15.0 Å². The monoisotopic (exact) mass is 204 g/mol. The van der Waals surface area contributed by atoms with E-state index in [1.54, 1.807) is 12.4 Å². The molecule has 0 amide bonds. The molecule has 76 valence electrons. The summed E-state index contributed by atoms with van der Waals surface area (Å²) in [6.45, 7) is 0.582. The van der Waals surface area contributed by atoms with E-state index in [4.69, 9.17) is 0 Å². The van der Waals surface area contributed by atoms with Crippen molar-refractivity contribution in [1.29, 1.82) is 0 Å². The summed E-state index contributed by atoms with van der Waals surface area (Å²) in [5.41, 5.74) is 1.06. The molecule has 2 aromatic rings. The van der Waals surface area contributed by atoms with Gasteiger partial charge in [0.1, 0.15) is 12.1 Å². The second-order valence-corrected chi connectivity index (χ2v) is 2.93. The van der Waals surface area contributed by atoms with Gasteiger partial charge in [-0.3, -0.25) is 4.98 Å². The van der Waals surface area contributed by atoms with Crippen LogP contribution in [-0.2, 0) is 6.54 Å². The predicted molar refractivity (Wildman–Crippen MR) is 53.6 cm³/mol. The fourth-order valence-electron chi connectivity index (χ4n) is 1.12. The molecule has 2 aromatic heterocycles. The molecule has 0 aromatic carbocycles. The van der Waals surface area contributed by atoms with Gasteiger partial charge in [-0.25, -0.2) is 9.97 Å². The van der Waals surface area contributed by atoms with Crippen molar-refractivity contribution >= 4 is 5.82 Å². The Bertz CT molecular complexity index is 432. The minimum atomic E-state index is -0.540. The van der Waals surface area contributed by atoms with Crippen molar-refractivity contribution in [3.63, 3.8) is 0 Å². The minimum absolute atomic E-state index is 0.472. The van der Waals surface area contributed by atoms with Crippen molar-refractivity contribution in [2.75, 3.05) is 5.32 Å². The smallest absolute Gasteiger partial charge is 0.217 e. The molecule has 0 saturated carbocycles. The van der Waals surface area contributed by atoms with Gasteiger partial charge in [0.25, 0.3) is 0 Å². The highest BCUT2D eigenvalue weighted by molar-refractivity contribution is 5.33. The van der Waals surface area contributed by atoms with Crippen molar-refractivity contribution in [2.45, 2.75) is 6.54 Å². The summed E-state index contributed by atoms with van der Waals surface area (Å²) in [5.74, 6) is -0.0680. The third kappa shape index (κ3) is 2.70. The normalized spacial score (nSPS) is 9.93. The summed E-state index contributed by atoms with van der Waals surface area (Å²) in [7, 11) is 0. The van der Waals surface area contributed by atoms with Crippen LogP contribution in [0.3, 0.4) is 0 Å². The van der Waals surface area contributed by atoms with Crippen LogP contribution in [0.25, 0.3) is 0 Å². The Balaban J connectivity index is 1.99. The Hall–Kier alpha value is -2.04. The van der Waals surface area contributed by atoms with Crippen molar-refractivity contribution in [3.05, 3.63) is 48.4 Å². The third-order valence-electron chi connectivity index (χ3n) is 1.86. The summed E-state index contributed by atoms with van der Waals surface area (Å²) in [4.78, 5) is 11.1. The predicted octanol–water partition coefficient (Wildman–Crippen LogP) is 1.62. The zero-order valence-electron chi connectivity index (χ0n) is 7.89. The molecule has 0 aliphatic heterocycles. The fourth-order valence-corrected chi connectivity index (χ4v) is 1.12. The van der Waals surface area contributed by atoms with Gasteiger partial charge < -0.3 is 5.32 Å². The molecule has 0 bridgehead atoms. The van der Waals surface area contributed by atoms with E-state index in [1.165, 1.54) is 12.4 Å². The molecular weight excluding hydrogens is 195 g/mol. The van der Waals surface area contributed by atoms with Crippen LogP contribution in [0.1, 0.15) is 5.56 Å². The lowest BCUT2D eigenvalue weighted by Crippen LogP contribution is -2.02. The van der Waals surface area contributed by atoms with E-state index in [-0.39, 0.29) is 0 Å². The Morgan fingerprint density at radius 1 is 1.20 bits per heavy atom. The quantitative estimate of drug-likeness (QED) is 0.772. The Morgan fingerprint density at radius 2 is 2.00 bits per heavy atom. The highest BCUT2D eigenvalue weighted by atomic mass is 19.1. The van der Waals surface area contributed by atoms with Crippen LogP contribution in [0.5, 0.6) is 0 Å². The lowest BCUT2D eigenvalue weighted by atomic mass is 10.3. The Kier molecular flexibility index (Phi) is 2.82. The number of hydrogen-bond donors (Lipinski definition) is 1. The van der Waals surface area contributed by atoms with Crippen LogP contribution >= 0.6 is 0 Å². The van der Waals surface area contributed by atoms with E-state index in [9.17, 15) is 4.39 Å². The van der Waals surface area contributed by atoms with Gasteiger partial charge in [0.2, 0.25) is 5.95 Å². The molecule has 0 fully saturated rings. The first-order valence-corrected chi connectivity index (χ1v) is 4.45. The molecule has 0 saturated heterocycles. The highest BCUT2D eigenvalue weighted by Crippen LogP contribution is 2.05. The summed E-state index contributed by atoms with van der Waals surface area (Å²) in [6.07, 6.45) is 4.60. The van der Waals surface area contributed by atoms with Gasteiger partial charge in [-0.05, 0) is 17.7 Å². The molecule has 1 N–H and O–H groups in total. The summed E-state index contributed by atoms with van der Waals surface area (Å²) in [5, 5.41) is 2.98. The molecule has 15 heavy (non-hydrogen) atoms.